The number of hydrogen-bond acceptors (Lipinski definition) is 4. The van der Waals surface area contributed by atoms with Crippen LogP contribution in [-0.2, 0) is 14.3 Å². The lowest BCUT2D eigenvalue weighted by molar-refractivity contribution is -0.143. The van der Waals surface area contributed by atoms with Gasteiger partial charge in [-0.15, -0.1) is 0 Å². The van der Waals surface area contributed by atoms with Crippen LogP contribution >= 0.6 is 0 Å². The monoisotopic (exact) mass is 274 g/mol. The molecule has 7 nitrogen and oxygen atoms in total. The molecule has 0 radical (unpaired) electrons. The molecule has 2 amide bonds. The minimum Gasteiger partial charge on any atom is -0.481 e. The molecule has 0 saturated carbocycles. The van der Waals surface area contributed by atoms with Crippen molar-refractivity contribution in [2.24, 2.45) is 0 Å². The van der Waals surface area contributed by atoms with Crippen LogP contribution in [0, 0.1) is 0 Å². The van der Waals surface area contributed by atoms with Crippen LogP contribution in [0.25, 0.3) is 0 Å². The second-order valence-corrected chi connectivity index (χ2v) is 4.10. The first kappa shape index (κ1) is 17.2. The van der Waals surface area contributed by atoms with E-state index >= 15 is 0 Å². The lowest BCUT2D eigenvalue weighted by atomic mass is 10.2. The Morgan fingerprint density at radius 1 is 1.21 bits per heavy atom. The van der Waals surface area contributed by atoms with Crippen LogP contribution in [0.5, 0.6) is 0 Å². The Labute approximate surface area is 112 Å². The van der Waals surface area contributed by atoms with Crippen LogP contribution < -0.4 is 5.32 Å². The number of hydrogen-bond donors (Lipinski definition) is 2. The Morgan fingerprint density at radius 3 is 2.47 bits per heavy atom. The van der Waals surface area contributed by atoms with Gasteiger partial charge >= 0.3 is 18.0 Å². The van der Waals surface area contributed by atoms with E-state index < -0.39 is 11.9 Å². The summed E-state index contributed by atoms with van der Waals surface area (Å²) in [4.78, 5) is 34.2. The van der Waals surface area contributed by atoms with Crippen molar-refractivity contribution in [3.05, 3.63) is 0 Å². The minimum absolute atomic E-state index is 0.0846. The first-order valence-corrected chi connectivity index (χ1v) is 6.33. The summed E-state index contributed by atoms with van der Waals surface area (Å²) in [6.07, 6.45) is 2.21. The standard InChI is InChI=1S/C12H22N2O5/c1-3-19-11(17)9-14(2)12(18)13-8-6-4-5-7-10(15)16/h3-9H2,1-2H3,(H,13,18)(H,15,16). The first-order chi connectivity index (χ1) is 8.97. The highest BCUT2D eigenvalue weighted by molar-refractivity contribution is 5.80. The molecule has 0 heterocycles. The van der Waals surface area contributed by atoms with Crippen molar-refractivity contribution >= 4 is 18.0 Å². The highest BCUT2D eigenvalue weighted by atomic mass is 16.5. The summed E-state index contributed by atoms with van der Waals surface area (Å²) in [7, 11) is 1.51. The minimum atomic E-state index is -0.807. The fourth-order valence-corrected chi connectivity index (χ4v) is 1.38. The van der Waals surface area contributed by atoms with Crippen molar-refractivity contribution in [3.63, 3.8) is 0 Å². The van der Waals surface area contributed by atoms with Gasteiger partial charge in [-0.1, -0.05) is 6.42 Å². The van der Waals surface area contributed by atoms with E-state index in [1.54, 1.807) is 6.92 Å². The van der Waals surface area contributed by atoms with Crippen molar-refractivity contribution < 1.29 is 24.2 Å². The second-order valence-electron chi connectivity index (χ2n) is 4.10. The van der Waals surface area contributed by atoms with E-state index in [9.17, 15) is 14.4 Å². The number of carbonyl (C=O) groups is 3. The first-order valence-electron chi connectivity index (χ1n) is 6.33. The Bertz CT molecular complexity index is 306. The van der Waals surface area contributed by atoms with Crippen LogP contribution in [0.15, 0.2) is 0 Å². The fraction of sp³-hybridized carbons (Fsp3) is 0.750. The summed E-state index contributed by atoms with van der Waals surface area (Å²) < 4.78 is 4.73. The molecule has 0 unspecified atom stereocenters. The quantitative estimate of drug-likeness (QED) is 0.479. The van der Waals surface area contributed by atoms with Crippen molar-refractivity contribution in [1.82, 2.24) is 10.2 Å². The van der Waals surface area contributed by atoms with E-state index in [0.29, 0.717) is 19.4 Å². The highest BCUT2D eigenvalue weighted by Crippen LogP contribution is 1.98. The highest BCUT2D eigenvalue weighted by Gasteiger charge is 2.12. The van der Waals surface area contributed by atoms with Gasteiger partial charge in [0.1, 0.15) is 6.54 Å². The number of carboxylic acids is 1. The summed E-state index contributed by atoms with van der Waals surface area (Å²) in [5, 5.41) is 11.1. The van der Waals surface area contributed by atoms with E-state index in [0.717, 1.165) is 6.42 Å². The Balaban J connectivity index is 3.62. The maximum Gasteiger partial charge on any atom is 0.325 e. The molecule has 0 aromatic rings. The topological polar surface area (TPSA) is 95.9 Å². The molecule has 110 valence electrons. The van der Waals surface area contributed by atoms with E-state index in [1.807, 2.05) is 0 Å². The van der Waals surface area contributed by atoms with Gasteiger partial charge in [-0.05, 0) is 19.8 Å². The fourth-order valence-electron chi connectivity index (χ4n) is 1.38. The van der Waals surface area contributed by atoms with Crippen LogP contribution in [0.1, 0.15) is 32.6 Å². The maximum absolute atomic E-state index is 11.5. The van der Waals surface area contributed by atoms with Gasteiger partial charge in [0.2, 0.25) is 0 Å². The van der Waals surface area contributed by atoms with Gasteiger partial charge in [0, 0.05) is 20.0 Å². The Morgan fingerprint density at radius 2 is 1.89 bits per heavy atom. The van der Waals surface area contributed by atoms with Crippen LogP contribution in [0.4, 0.5) is 4.79 Å². The predicted molar refractivity (Wildman–Crippen MR) is 68.8 cm³/mol. The van der Waals surface area contributed by atoms with Gasteiger partial charge in [-0.25, -0.2) is 4.79 Å². The molecule has 0 aliphatic carbocycles. The number of nitrogens with one attached hydrogen (secondary N) is 1. The number of carboxylic acid groups (broad SMARTS) is 1. The van der Waals surface area contributed by atoms with E-state index in [4.69, 9.17) is 9.84 Å². The molecule has 0 atom stereocenters. The van der Waals surface area contributed by atoms with Crippen LogP contribution in [0.2, 0.25) is 0 Å². The van der Waals surface area contributed by atoms with Gasteiger partial charge in [0.15, 0.2) is 0 Å². The van der Waals surface area contributed by atoms with Gasteiger partial charge in [0.25, 0.3) is 0 Å². The molecule has 0 spiro atoms. The number of amides is 2. The molecule has 0 rings (SSSR count). The summed E-state index contributed by atoms with van der Waals surface area (Å²) in [6.45, 7) is 2.37. The van der Waals surface area contributed by atoms with Gasteiger partial charge in [-0.2, -0.15) is 0 Å². The summed E-state index contributed by atoms with van der Waals surface area (Å²) >= 11 is 0. The molecule has 19 heavy (non-hydrogen) atoms. The number of esters is 1. The normalized spacial score (nSPS) is 9.79. The molecule has 0 aliphatic rings. The lowest BCUT2D eigenvalue weighted by Crippen LogP contribution is -2.40. The number of carbonyl (C=O) groups excluding carboxylic acids is 2. The maximum atomic E-state index is 11.5. The molecule has 0 bridgehead atoms. The molecule has 2 N–H and O–H groups in total. The van der Waals surface area contributed by atoms with Gasteiger partial charge < -0.3 is 20.1 Å². The SMILES string of the molecule is CCOC(=O)CN(C)C(=O)NCCCCCC(=O)O. The summed E-state index contributed by atoms with van der Waals surface area (Å²) in [5.74, 6) is -1.25. The molecule has 0 saturated heterocycles. The zero-order valence-electron chi connectivity index (χ0n) is 11.5. The number of ether oxygens (including phenoxy) is 1. The van der Waals surface area contributed by atoms with Crippen LogP contribution in [-0.4, -0.2) is 54.7 Å². The van der Waals surface area contributed by atoms with Crippen molar-refractivity contribution in [2.45, 2.75) is 32.6 Å². The molecular weight excluding hydrogens is 252 g/mol. The number of aliphatic carboxylic acids is 1. The number of unbranched alkanes of at least 4 members (excludes halogenated alkanes) is 2. The van der Waals surface area contributed by atoms with Crippen molar-refractivity contribution in [2.75, 3.05) is 26.7 Å². The molecular formula is C12H22N2O5. The van der Waals surface area contributed by atoms with Crippen molar-refractivity contribution in [3.8, 4) is 0 Å². The average Bonchev–Trinajstić information content (AvgIpc) is 2.33. The van der Waals surface area contributed by atoms with Gasteiger partial charge in [-0.3, -0.25) is 9.59 Å². The summed E-state index contributed by atoms with van der Waals surface area (Å²) in [5.41, 5.74) is 0. The lowest BCUT2D eigenvalue weighted by Gasteiger charge is -2.16. The number of urea groups is 1. The van der Waals surface area contributed by atoms with E-state index in [1.165, 1.54) is 11.9 Å². The average molecular weight is 274 g/mol. The number of likely N-dealkylation sites (N-methyl/N-ethyl adjacent to an activating group) is 1. The Hall–Kier alpha value is -1.79. The molecule has 0 fully saturated rings. The molecule has 0 aromatic heterocycles. The van der Waals surface area contributed by atoms with Crippen LogP contribution in [0.3, 0.4) is 0 Å². The number of rotatable bonds is 9. The van der Waals surface area contributed by atoms with Gasteiger partial charge in [0.05, 0.1) is 6.61 Å². The second kappa shape index (κ2) is 10.2. The predicted octanol–water partition coefficient (Wildman–Crippen LogP) is 0.836. The molecule has 7 heteroatoms. The molecule has 0 aromatic carbocycles. The summed E-state index contributed by atoms with van der Waals surface area (Å²) in [6, 6.07) is -0.341. The van der Waals surface area contributed by atoms with Crippen molar-refractivity contribution in [1.29, 1.82) is 0 Å². The zero-order chi connectivity index (χ0) is 14.7. The zero-order valence-corrected chi connectivity index (χ0v) is 11.5. The third-order valence-corrected chi connectivity index (χ3v) is 2.36. The smallest absolute Gasteiger partial charge is 0.325 e. The number of nitrogens with zero attached hydrogens (tertiary/aromatic N) is 1. The third-order valence-electron chi connectivity index (χ3n) is 2.36. The third kappa shape index (κ3) is 9.87. The van der Waals surface area contributed by atoms with E-state index in [2.05, 4.69) is 5.32 Å². The largest absolute Gasteiger partial charge is 0.481 e. The molecule has 0 aliphatic heterocycles. The van der Waals surface area contributed by atoms with E-state index in [-0.39, 0.29) is 25.6 Å². The Kier molecular flexibility index (Phi) is 9.20.